The van der Waals surface area contributed by atoms with Crippen LogP contribution < -0.4 is 0 Å². The van der Waals surface area contributed by atoms with Crippen LogP contribution in [0.15, 0.2) is 29.7 Å². The molecule has 18 heavy (non-hydrogen) atoms. The average Bonchev–Trinajstić information content (AvgIpc) is 2.82. The van der Waals surface area contributed by atoms with Gasteiger partial charge in [0.15, 0.2) is 5.82 Å². The zero-order valence-electron chi connectivity index (χ0n) is 9.41. The Balaban J connectivity index is 2.29. The van der Waals surface area contributed by atoms with Crippen LogP contribution in [0.25, 0.3) is 0 Å². The molecule has 0 unspecified atom stereocenters. The number of aromatic nitrogens is 4. The van der Waals surface area contributed by atoms with E-state index < -0.39 is 20.9 Å². The Morgan fingerprint density at radius 3 is 2.83 bits per heavy atom. The van der Waals surface area contributed by atoms with Crippen molar-refractivity contribution in [3.8, 4) is 0 Å². The second-order valence-corrected chi connectivity index (χ2v) is 5.44. The van der Waals surface area contributed by atoms with Gasteiger partial charge in [-0.25, -0.2) is 22.8 Å². The van der Waals surface area contributed by atoms with Crippen molar-refractivity contribution in [2.45, 2.75) is 11.6 Å². The van der Waals surface area contributed by atoms with Gasteiger partial charge in [0.05, 0.1) is 6.54 Å². The van der Waals surface area contributed by atoms with Gasteiger partial charge in [-0.3, -0.25) is 5.10 Å². The van der Waals surface area contributed by atoms with Crippen LogP contribution in [0.1, 0.15) is 5.82 Å². The molecule has 0 aliphatic carbocycles. The lowest BCUT2D eigenvalue weighted by Crippen LogP contribution is -2.28. The third-order valence-corrected chi connectivity index (χ3v) is 3.96. The lowest BCUT2D eigenvalue weighted by Gasteiger charge is -2.15. The summed E-state index contributed by atoms with van der Waals surface area (Å²) >= 11 is 0. The summed E-state index contributed by atoms with van der Waals surface area (Å²) in [6, 6.07) is 2.37. The number of pyridine rings is 1. The van der Waals surface area contributed by atoms with Gasteiger partial charge in [0.1, 0.15) is 12.2 Å². The molecule has 0 atom stereocenters. The smallest absolute Gasteiger partial charge is 0.262 e. The summed E-state index contributed by atoms with van der Waals surface area (Å²) in [6.45, 7) is -0.0433. The first-order chi connectivity index (χ1) is 8.51. The van der Waals surface area contributed by atoms with E-state index in [1.165, 1.54) is 25.6 Å². The van der Waals surface area contributed by atoms with Crippen LogP contribution in [0, 0.1) is 5.82 Å². The van der Waals surface area contributed by atoms with Crippen molar-refractivity contribution in [3.05, 3.63) is 36.3 Å². The maximum atomic E-state index is 13.4. The maximum Gasteiger partial charge on any atom is 0.263 e. The minimum absolute atomic E-state index is 0.0433. The molecule has 1 N–H and O–H groups in total. The molecule has 0 saturated carbocycles. The van der Waals surface area contributed by atoms with Gasteiger partial charge in [0.2, 0.25) is 5.03 Å². The summed E-state index contributed by atoms with van der Waals surface area (Å²) in [7, 11) is -2.67. The van der Waals surface area contributed by atoms with E-state index in [9.17, 15) is 12.8 Å². The van der Waals surface area contributed by atoms with Crippen molar-refractivity contribution in [3.63, 3.8) is 0 Å². The van der Waals surface area contributed by atoms with E-state index in [2.05, 4.69) is 20.2 Å². The Morgan fingerprint density at radius 1 is 1.44 bits per heavy atom. The average molecular weight is 271 g/mol. The maximum absolute atomic E-state index is 13.4. The molecule has 2 aromatic rings. The molecular weight excluding hydrogens is 261 g/mol. The van der Waals surface area contributed by atoms with E-state index in [1.807, 2.05) is 0 Å². The molecule has 0 aliphatic rings. The topological polar surface area (TPSA) is 91.8 Å². The van der Waals surface area contributed by atoms with Crippen molar-refractivity contribution >= 4 is 10.0 Å². The van der Waals surface area contributed by atoms with Crippen LogP contribution in [0.2, 0.25) is 0 Å². The van der Waals surface area contributed by atoms with Gasteiger partial charge in [-0.1, -0.05) is 0 Å². The second kappa shape index (κ2) is 4.78. The number of hydrogen-bond donors (Lipinski definition) is 1. The summed E-state index contributed by atoms with van der Waals surface area (Å²) < 4.78 is 38.4. The van der Waals surface area contributed by atoms with Crippen LogP contribution in [0.5, 0.6) is 0 Å². The predicted octanol–water partition coefficient (Wildman–Crippen LogP) is 0.160. The quantitative estimate of drug-likeness (QED) is 0.855. The number of hydrogen-bond acceptors (Lipinski definition) is 5. The van der Waals surface area contributed by atoms with E-state index in [1.54, 1.807) is 0 Å². The lowest BCUT2D eigenvalue weighted by molar-refractivity contribution is 0.446. The molecule has 0 amide bonds. The van der Waals surface area contributed by atoms with Crippen LogP contribution in [-0.4, -0.2) is 39.9 Å². The highest BCUT2D eigenvalue weighted by Crippen LogP contribution is 2.15. The summed E-state index contributed by atoms with van der Waals surface area (Å²) in [5.41, 5.74) is 0. The monoisotopic (exact) mass is 271 g/mol. The largest absolute Gasteiger partial charge is 0.263 e. The van der Waals surface area contributed by atoms with Crippen LogP contribution in [0.4, 0.5) is 4.39 Å². The van der Waals surface area contributed by atoms with Crippen LogP contribution in [0.3, 0.4) is 0 Å². The predicted molar refractivity (Wildman–Crippen MR) is 59.2 cm³/mol. The number of sulfonamides is 1. The summed E-state index contributed by atoms with van der Waals surface area (Å²) in [4.78, 5) is 7.35. The van der Waals surface area contributed by atoms with Crippen molar-refractivity contribution in [1.29, 1.82) is 0 Å². The molecule has 0 aromatic carbocycles. The molecule has 0 spiro atoms. The Morgan fingerprint density at radius 2 is 2.22 bits per heavy atom. The molecule has 96 valence electrons. The van der Waals surface area contributed by atoms with E-state index in [0.717, 1.165) is 10.4 Å². The Hall–Kier alpha value is -1.87. The minimum atomic E-state index is -3.99. The lowest BCUT2D eigenvalue weighted by atomic mass is 10.5. The first-order valence-electron chi connectivity index (χ1n) is 4.93. The highest BCUT2D eigenvalue weighted by molar-refractivity contribution is 7.89. The molecule has 2 rings (SSSR count). The fraction of sp³-hybridized carbons (Fsp3) is 0.222. The molecule has 0 bridgehead atoms. The molecule has 2 heterocycles. The van der Waals surface area contributed by atoms with Gasteiger partial charge in [0.25, 0.3) is 10.0 Å². The van der Waals surface area contributed by atoms with Gasteiger partial charge >= 0.3 is 0 Å². The first-order valence-corrected chi connectivity index (χ1v) is 6.37. The Bertz CT molecular complexity index is 628. The number of nitrogens with zero attached hydrogens (tertiary/aromatic N) is 4. The zero-order valence-corrected chi connectivity index (χ0v) is 10.2. The van der Waals surface area contributed by atoms with E-state index in [0.29, 0.717) is 5.82 Å². The fourth-order valence-corrected chi connectivity index (χ4v) is 2.41. The normalized spacial score (nSPS) is 11.9. The number of halogens is 1. The van der Waals surface area contributed by atoms with E-state index in [-0.39, 0.29) is 6.54 Å². The van der Waals surface area contributed by atoms with E-state index >= 15 is 0 Å². The molecule has 0 saturated heterocycles. The van der Waals surface area contributed by atoms with Crippen LogP contribution >= 0.6 is 0 Å². The standard InChI is InChI=1S/C9H10FN5O2S/c1-15(5-8-12-6-13-14-8)18(16,17)9-7(10)3-2-4-11-9/h2-4,6H,5H2,1H3,(H,12,13,14). The van der Waals surface area contributed by atoms with Crippen molar-refractivity contribution in [1.82, 2.24) is 24.5 Å². The third-order valence-electron chi connectivity index (χ3n) is 2.22. The molecule has 0 fully saturated rings. The highest BCUT2D eigenvalue weighted by atomic mass is 32.2. The summed E-state index contributed by atoms with van der Waals surface area (Å²) in [5.74, 6) is -0.528. The van der Waals surface area contributed by atoms with Gasteiger partial charge in [0, 0.05) is 13.2 Å². The number of H-pyrrole nitrogens is 1. The molecule has 9 heteroatoms. The summed E-state index contributed by atoms with van der Waals surface area (Å²) in [6.07, 6.45) is 2.48. The van der Waals surface area contributed by atoms with E-state index in [4.69, 9.17) is 0 Å². The highest BCUT2D eigenvalue weighted by Gasteiger charge is 2.26. The molecule has 2 aromatic heterocycles. The Labute approximate surface area is 103 Å². The van der Waals surface area contributed by atoms with Crippen molar-refractivity contribution in [2.24, 2.45) is 0 Å². The molecule has 7 nitrogen and oxygen atoms in total. The van der Waals surface area contributed by atoms with Crippen molar-refractivity contribution < 1.29 is 12.8 Å². The molecule has 0 radical (unpaired) electrons. The van der Waals surface area contributed by atoms with Crippen molar-refractivity contribution in [2.75, 3.05) is 7.05 Å². The van der Waals surface area contributed by atoms with Gasteiger partial charge in [-0.2, -0.15) is 9.40 Å². The number of rotatable bonds is 4. The molecule has 0 aliphatic heterocycles. The van der Waals surface area contributed by atoms with Crippen LogP contribution in [-0.2, 0) is 16.6 Å². The molecular formula is C9H10FN5O2S. The summed E-state index contributed by atoms with van der Waals surface area (Å²) in [5, 5.41) is 5.52. The van der Waals surface area contributed by atoms with Gasteiger partial charge < -0.3 is 0 Å². The second-order valence-electron chi connectivity index (χ2n) is 3.48. The SMILES string of the molecule is CN(Cc1ncn[nH]1)S(=O)(=O)c1ncccc1F. The number of nitrogens with one attached hydrogen (secondary N) is 1. The third kappa shape index (κ3) is 2.36. The van der Waals surface area contributed by atoms with Gasteiger partial charge in [-0.15, -0.1) is 0 Å². The minimum Gasteiger partial charge on any atom is -0.262 e. The first kappa shape index (κ1) is 12.6. The fourth-order valence-electron chi connectivity index (χ4n) is 1.31. The zero-order chi connectivity index (χ0) is 13.2. The number of aromatic amines is 1. The van der Waals surface area contributed by atoms with Gasteiger partial charge in [-0.05, 0) is 12.1 Å². The Kier molecular flexibility index (Phi) is 3.34.